The number of carboxylic acid groups (broad SMARTS) is 1. The summed E-state index contributed by atoms with van der Waals surface area (Å²) in [7, 11) is -0.960. The molecule has 0 aromatic heterocycles. The van der Waals surface area contributed by atoms with Gasteiger partial charge in [-0.25, -0.2) is 8.51 Å². The number of benzene rings is 3. The van der Waals surface area contributed by atoms with E-state index in [0.717, 1.165) is 46.5 Å². The van der Waals surface area contributed by atoms with Crippen LogP contribution in [-0.4, -0.2) is 51.6 Å². The van der Waals surface area contributed by atoms with Gasteiger partial charge in [0.05, 0.1) is 17.6 Å². The van der Waals surface area contributed by atoms with Crippen molar-refractivity contribution < 1.29 is 28.3 Å². The molecule has 1 N–H and O–H groups in total. The van der Waals surface area contributed by atoms with Gasteiger partial charge in [0.15, 0.2) is 0 Å². The van der Waals surface area contributed by atoms with E-state index >= 15 is 0 Å². The van der Waals surface area contributed by atoms with Crippen LogP contribution in [0.2, 0.25) is 0 Å². The van der Waals surface area contributed by atoms with Crippen molar-refractivity contribution in [2.24, 2.45) is 0 Å². The van der Waals surface area contributed by atoms with Gasteiger partial charge in [0.1, 0.15) is 30.0 Å². The average Bonchev–Trinajstić information content (AvgIpc) is 3.35. The molecule has 1 heterocycles. The van der Waals surface area contributed by atoms with E-state index in [2.05, 4.69) is 38.1 Å². The molecule has 0 amide bonds. The topological polar surface area (TPSA) is 85.3 Å². The van der Waals surface area contributed by atoms with Crippen LogP contribution >= 0.6 is 0 Å². The van der Waals surface area contributed by atoms with E-state index in [1.54, 1.807) is 6.26 Å². The van der Waals surface area contributed by atoms with Crippen molar-refractivity contribution in [1.29, 1.82) is 0 Å². The first-order valence-corrected chi connectivity index (χ1v) is 14.7. The van der Waals surface area contributed by atoms with Gasteiger partial charge in [-0.05, 0) is 91.3 Å². The molecular formula is C31H37NO6S. The van der Waals surface area contributed by atoms with E-state index in [4.69, 9.17) is 19.3 Å². The number of aliphatic carboxylic acids is 1. The maximum absolute atomic E-state index is 11.8. The van der Waals surface area contributed by atoms with Gasteiger partial charge in [-0.2, -0.15) is 0 Å². The van der Waals surface area contributed by atoms with Crippen LogP contribution in [0.25, 0.3) is 11.1 Å². The number of aryl methyl sites for hydroxylation is 3. The summed E-state index contributed by atoms with van der Waals surface area (Å²) in [4.78, 5) is 10.7. The Morgan fingerprint density at radius 1 is 1.00 bits per heavy atom. The predicted molar refractivity (Wildman–Crippen MR) is 154 cm³/mol. The smallest absolute Gasteiger partial charge is 0.303 e. The maximum Gasteiger partial charge on any atom is 0.303 e. The zero-order valence-corrected chi connectivity index (χ0v) is 23.9. The van der Waals surface area contributed by atoms with Gasteiger partial charge in [-0.15, -0.1) is 0 Å². The van der Waals surface area contributed by atoms with Gasteiger partial charge in [-0.3, -0.25) is 4.79 Å². The van der Waals surface area contributed by atoms with Crippen LogP contribution in [0.15, 0.2) is 54.6 Å². The molecule has 0 spiro atoms. The molecule has 3 aromatic rings. The molecular weight excluding hydrogens is 514 g/mol. The SMILES string of the molecule is Cc1ccc(OCc2cccc(-c3c(C)cc(OC4CCN(S(C)=O)C4)cc3C)c2)cc1OCCCC(=O)O. The molecule has 1 aliphatic heterocycles. The van der Waals surface area contributed by atoms with Crippen LogP contribution in [0.1, 0.15) is 41.5 Å². The van der Waals surface area contributed by atoms with Crippen molar-refractivity contribution in [2.45, 2.75) is 52.7 Å². The first-order valence-electron chi connectivity index (χ1n) is 13.2. The minimum absolute atomic E-state index is 0.0523. The van der Waals surface area contributed by atoms with Crippen LogP contribution in [0.4, 0.5) is 0 Å². The van der Waals surface area contributed by atoms with Gasteiger partial charge in [0, 0.05) is 31.8 Å². The summed E-state index contributed by atoms with van der Waals surface area (Å²) in [6.07, 6.45) is 3.18. The van der Waals surface area contributed by atoms with Crippen molar-refractivity contribution in [1.82, 2.24) is 4.31 Å². The Hall–Kier alpha value is -3.36. The maximum atomic E-state index is 11.8. The second-order valence-electron chi connectivity index (χ2n) is 10.0. The van der Waals surface area contributed by atoms with Crippen molar-refractivity contribution in [2.75, 3.05) is 26.0 Å². The van der Waals surface area contributed by atoms with E-state index in [1.807, 2.05) is 41.6 Å². The number of hydrogen-bond acceptors (Lipinski definition) is 5. The second kappa shape index (κ2) is 13.1. The number of carboxylic acids is 1. The third kappa shape index (κ3) is 7.83. The zero-order valence-electron chi connectivity index (χ0n) is 23.1. The Morgan fingerprint density at radius 2 is 1.77 bits per heavy atom. The highest BCUT2D eigenvalue weighted by molar-refractivity contribution is 7.81. The van der Waals surface area contributed by atoms with Crippen molar-refractivity contribution in [3.8, 4) is 28.4 Å². The number of ether oxygens (including phenoxy) is 3. The molecule has 0 aliphatic carbocycles. The van der Waals surface area contributed by atoms with Crippen LogP contribution < -0.4 is 14.2 Å². The molecule has 0 saturated carbocycles. The molecule has 2 unspecified atom stereocenters. The summed E-state index contributed by atoms with van der Waals surface area (Å²) in [5.41, 5.74) is 6.61. The van der Waals surface area contributed by atoms with Crippen molar-refractivity contribution in [3.05, 3.63) is 76.9 Å². The summed E-state index contributed by atoms with van der Waals surface area (Å²) in [6, 6.07) is 18.2. The van der Waals surface area contributed by atoms with Crippen LogP contribution in [0.5, 0.6) is 17.2 Å². The number of carbonyl (C=O) groups is 1. The molecule has 0 radical (unpaired) electrons. The minimum atomic E-state index is -0.960. The van der Waals surface area contributed by atoms with Gasteiger partial charge < -0.3 is 19.3 Å². The highest BCUT2D eigenvalue weighted by Gasteiger charge is 2.26. The fourth-order valence-electron chi connectivity index (χ4n) is 4.88. The van der Waals surface area contributed by atoms with Gasteiger partial charge in [0.25, 0.3) is 0 Å². The van der Waals surface area contributed by atoms with E-state index < -0.39 is 17.0 Å². The minimum Gasteiger partial charge on any atom is -0.493 e. The number of rotatable bonds is 12. The lowest BCUT2D eigenvalue weighted by atomic mass is 9.94. The molecule has 0 bridgehead atoms. The predicted octanol–water partition coefficient (Wildman–Crippen LogP) is 5.85. The normalized spacial score (nSPS) is 16.2. The Kier molecular flexibility index (Phi) is 9.64. The standard InChI is InChI=1S/C31H37NO6S/c1-21-10-11-26(18-29(21)36-14-6-9-30(33)34)37-20-24-7-5-8-25(17-24)31-22(2)15-28(16-23(31)3)38-27-12-13-32(19-27)39(4)35/h5,7-8,10-11,15-18,27H,6,9,12-14,19-20H2,1-4H3,(H,33,34). The van der Waals surface area contributed by atoms with E-state index in [-0.39, 0.29) is 12.5 Å². The lowest BCUT2D eigenvalue weighted by Gasteiger charge is -2.18. The summed E-state index contributed by atoms with van der Waals surface area (Å²) >= 11 is 0. The second-order valence-corrected chi connectivity index (χ2v) is 11.4. The van der Waals surface area contributed by atoms with Gasteiger partial charge in [0.2, 0.25) is 0 Å². The average molecular weight is 552 g/mol. The summed E-state index contributed by atoms with van der Waals surface area (Å²) in [6.45, 7) is 8.39. The monoisotopic (exact) mass is 551 g/mol. The third-order valence-corrected chi connectivity index (χ3v) is 7.91. The Morgan fingerprint density at radius 3 is 2.46 bits per heavy atom. The highest BCUT2D eigenvalue weighted by Crippen LogP contribution is 2.33. The van der Waals surface area contributed by atoms with Crippen molar-refractivity contribution in [3.63, 3.8) is 0 Å². The van der Waals surface area contributed by atoms with E-state index in [0.29, 0.717) is 37.7 Å². The highest BCUT2D eigenvalue weighted by atomic mass is 32.2. The lowest BCUT2D eigenvalue weighted by Crippen LogP contribution is -2.26. The molecule has 208 valence electrons. The van der Waals surface area contributed by atoms with Crippen LogP contribution in [0.3, 0.4) is 0 Å². The first-order chi connectivity index (χ1) is 18.7. The summed E-state index contributed by atoms with van der Waals surface area (Å²) in [5.74, 6) is 1.43. The lowest BCUT2D eigenvalue weighted by molar-refractivity contribution is -0.137. The fraction of sp³-hybridized carbons (Fsp3) is 0.387. The molecule has 3 aromatic carbocycles. The molecule has 1 aliphatic rings. The molecule has 39 heavy (non-hydrogen) atoms. The van der Waals surface area contributed by atoms with Crippen molar-refractivity contribution >= 4 is 17.0 Å². The molecule has 7 nitrogen and oxygen atoms in total. The Labute approximate surface area is 233 Å². The largest absolute Gasteiger partial charge is 0.493 e. The number of nitrogens with zero attached hydrogens (tertiary/aromatic N) is 1. The molecule has 2 atom stereocenters. The third-order valence-electron chi connectivity index (χ3n) is 6.85. The fourth-order valence-corrected chi connectivity index (χ4v) is 5.62. The summed E-state index contributed by atoms with van der Waals surface area (Å²) in [5, 5.41) is 8.81. The summed E-state index contributed by atoms with van der Waals surface area (Å²) < 4.78 is 31.8. The van der Waals surface area contributed by atoms with Gasteiger partial charge >= 0.3 is 5.97 Å². The van der Waals surface area contributed by atoms with E-state index in [9.17, 15) is 9.00 Å². The Bertz CT molecular complexity index is 1320. The van der Waals surface area contributed by atoms with Crippen LogP contribution in [0, 0.1) is 20.8 Å². The molecule has 8 heteroatoms. The number of hydrogen-bond donors (Lipinski definition) is 1. The van der Waals surface area contributed by atoms with Gasteiger partial charge in [-0.1, -0.05) is 24.3 Å². The Balaban J connectivity index is 1.41. The molecule has 4 rings (SSSR count). The van der Waals surface area contributed by atoms with E-state index in [1.165, 1.54) is 5.56 Å². The quantitative estimate of drug-likeness (QED) is 0.284. The first kappa shape index (κ1) is 28.6. The zero-order chi connectivity index (χ0) is 27.9. The molecule has 1 fully saturated rings. The molecule has 1 saturated heterocycles. The van der Waals surface area contributed by atoms with Crippen LogP contribution in [-0.2, 0) is 22.4 Å².